The number of nitrogens with zero attached hydrogens (tertiary/aromatic N) is 6. The van der Waals surface area contributed by atoms with Crippen molar-refractivity contribution < 1.29 is 4.79 Å². The summed E-state index contributed by atoms with van der Waals surface area (Å²) in [4.78, 5) is 23.1. The van der Waals surface area contributed by atoms with E-state index in [1.54, 1.807) is 12.5 Å². The highest BCUT2D eigenvalue weighted by molar-refractivity contribution is 5.80. The molecule has 1 saturated heterocycles. The lowest BCUT2D eigenvalue weighted by atomic mass is 9.97. The number of hydrogen-bond donors (Lipinski definition) is 3. The fourth-order valence-electron chi connectivity index (χ4n) is 3.78. The molecule has 1 unspecified atom stereocenters. The Bertz CT molecular complexity index is 879. The standard InChI is InChI=1S/C21H33N9O/c1-3-18-28-27-15-30(18)12-10-25-21(23-4-2)26-13-16-7-5-9-24-20(16)29-11-6-8-17(14-29)19(22)31/h5,7,9,15,17H,3-4,6,8,10-14H2,1-2H3,(H2,22,31)(H2,23,25,26). The number of anilines is 1. The summed E-state index contributed by atoms with van der Waals surface area (Å²) < 4.78 is 2.04. The first kappa shape index (κ1) is 22.5. The molecule has 1 amide bonds. The molecule has 1 atom stereocenters. The molecule has 3 rings (SSSR count). The fraction of sp³-hybridized carbons (Fsp3) is 0.571. The number of piperidine rings is 1. The van der Waals surface area contributed by atoms with Gasteiger partial charge in [-0.2, -0.15) is 0 Å². The largest absolute Gasteiger partial charge is 0.369 e. The van der Waals surface area contributed by atoms with Crippen molar-refractivity contribution in [2.24, 2.45) is 16.6 Å². The highest BCUT2D eigenvalue weighted by atomic mass is 16.1. The summed E-state index contributed by atoms with van der Waals surface area (Å²) in [5.74, 6) is 2.23. The number of aryl methyl sites for hydroxylation is 1. The molecular formula is C21H33N9O. The summed E-state index contributed by atoms with van der Waals surface area (Å²) in [6, 6.07) is 3.95. The van der Waals surface area contributed by atoms with Gasteiger partial charge in [0.1, 0.15) is 18.0 Å². The number of nitrogens with two attached hydrogens (primary N) is 1. The van der Waals surface area contributed by atoms with Crippen molar-refractivity contribution in [2.75, 3.05) is 31.1 Å². The summed E-state index contributed by atoms with van der Waals surface area (Å²) in [5, 5.41) is 14.7. The zero-order chi connectivity index (χ0) is 22.1. The van der Waals surface area contributed by atoms with Gasteiger partial charge in [0.2, 0.25) is 5.91 Å². The number of pyridine rings is 1. The van der Waals surface area contributed by atoms with Crippen LogP contribution in [0.4, 0.5) is 5.82 Å². The second-order valence-corrected chi connectivity index (χ2v) is 7.59. The molecule has 168 valence electrons. The molecule has 3 heterocycles. The Morgan fingerprint density at radius 2 is 2.23 bits per heavy atom. The van der Waals surface area contributed by atoms with Gasteiger partial charge in [0.15, 0.2) is 5.96 Å². The van der Waals surface area contributed by atoms with Gasteiger partial charge in [-0.05, 0) is 25.8 Å². The molecule has 0 bridgehead atoms. The van der Waals surface area contributed by atoms with Crippen LogP contribution in [0.25, 0.3) is 0 Å². The van der Waals surface area contributed by atoms with E-state index in [2.05, 4.69) is 37.6 Å². The van der Waals surface area contributed by atoms with Gasteiger partial charge < -0.3 is 25.8 Å². The van der Waals surface area contributed by atoms with Crippen LogP contribution < -0.4 is 21.3 Å². The maximum Gasteiger partial charge on any atom is 0.222 e. The molecule has 10 heteroatoms. The molecule has 2 aromatic rings. The first-order chi connectivity index (χ1) is 15.1. The van der Waals surface area contributed by atoms with Gasteiger partial charge in [-0.15, -0.1) is 10.2 Å². The third-order valence-corrected chi connectivity index (χ3v) is 5.40. The molecule has 31 heavy (non-hydrogen) atoms. The van der Waals surface area contributed by atoms with Gasteiger partial charge in [-0.25, -0.2) is 9.98 Å². The average molecular weight is 428 g/mol. The zero-order valence-electron chi connectivity index (χ0n) is 18.4. The van der Waals surface area contributed by atoms with Gasteiger partial charge in [0.05, 0.1) is 12.5 Å². The lowest BCUT2D eigenvalue weighted by Gasteiger charge is -2.33. The van der Waals surface area contributed by atoms with Crippen LogP contribution in [0.2, 0.25) is 0 Å². The van der Waals surface area contributed by atoms with Crippen molar-refractivity contribution in [3.8, 4) is 0 Å². The van der Waals surface area contributed by atoms with Gasteiger partial charge in [-0.3, -0.25) is 4.79 Å². The van der Waals surface area contributed by atoms with E-state index in [0.29, 0.717) is 19.6 Å². The van der Waals surface area contributed by atoms with Crippen LogP contribution in [-0.4, -0.2) is 57.8 Å². The maximum absolute atomic E-state index is 11.7. The van der Waals surface area contributed by atoms with Gasteiger partial charge in [0.25, 0.3) is 0 Å². The Hall–Kier alpha value is -3.17. The smallest absolute Gasteiger partial charge is 0.222 e. The van der Waals surface area contributed by atoms with Crippen LogP contribution in [0, 0.1) is 5.92 Å². The van der Waals surface area contributed by atoms with E-state index >= 15 is 0 Å². The number of rotatable bonds is 9. The predicted molar refractivity (Wildman–Crippen MR) is 121 cm³/mol. The Morgan fingerprint density at radius 3 is 3.00 bits per heavy atom. The number of carbonyl (C=O) groups is 1. The van der Waals surface area contributed by atoms with Crippen LogP contribution in [-0.2, 0) is 24.3 Å². The van der Waals surface area contributed by atoms with Gasteiger partial charge in [-0.1, -0.05) is 13.0 Å². The minimum absolute atomic E-state index is 0.128. The highest BCUT2D eigenvalue weighted by Gasteiger charge is 2.25. The number of nitrogens with one attached hydrogen (secondary N) is 2. The number of guanidine groups is 1. The van der Waals surface area contributed by atoms with Crippen molar-refractivity contribution in [3.63, 3.8) is 0 Å². The molecule has 0 aromatic carbocycles. The first-order valence-electron chi connectivity index (χ1n) is 11.0. The maximum atomic E-state index is 11.7. The topological polar surface area (TPSA) is 126 Å². The molecule has 1 aliphatic rings. The van der Waals surface area contributed by atoms with Crippen LogP contribution in [0.1, 0.15) is 38.1 Å². The Kier molecular flexibility index (Phi) is 8.19. The van der Waals surface area contributed by atoms with Crippen molar-refractivity contribution in [1.29, 1.82) is 0 Å². The number of aromatic nitrogens is 4. The number of hydrogen-bond acceptors (Lipinski definition) is 6. The van der Waals surface area contributed by atoms with Gasteiger partial charge in [0, 0.05) is 50.9 Å². The SMILES string of the molecule is CCNC(=NCc1cccnc1N1CCCC(C(N)=O)C1)NCCn1cnnc1CC. The molecule has 1 fully saturated rings. The number of aliphatic imine (C=N–C) groups is 1. The Labute approximate surface area is 183 Å². The Morgan fingerprint density at radius 1 is 1.35 bits per heavy atom. The third-order valence-electron chi connectivity index (χ3n) is 5.40. The van der Waals surface area contributed by atoms with Crippen LogP contribution in [0.3, 0.4) is 0 Å². The predicted octanol–water partition coefficient (Wildman–Crippen LogP) is 0.693. The molecule has 1 aliphatic heterocycles. The van der Waals surface area contributed by atoms with Crippen molar-refractivity contribution in [3.05, 3.63) is 36.0 Å². The Balaban J connectivity index is 1.64. The highest BCUT2D eigenvalue weighted by Crippen LogP contribution is 2.24. The summed E-state index contributed by atoms with van der Waals surface area (Å²) in [5.41, 5.74) is 6.57. The van der Waals surface area contributed by atoms with E-state index in [4.69, 9.17) is 10.7 Å². The molecule has 0 aliphatic carbocycles. The molecule has 0 saturated carbocycles. The van der Waals surface area contributed by atoms with Crippen molar-refractivity contribution in [1.82, 2.24) is 30.4 Å². The number of primary amides is 1. The average Bonchev–Trinajstić information content (AvgIpc) is 3.25. The fourth-order valence-corrected chi connectivity index (χ4v) is 3.78. The summed E-state index contributed by atoms with van der Waals surface area (Å²) >= 11 is 0. The van der Waals surface area contributed by atoms with E-state index < -0.39 is 0 Å². The molecular weight excluding hydrogens is 394 g/mol. The van der Waals surface area contributed by atoms with Gasteiger partial charge >= 0.3 is 0 Å². The van der Waals surface area contributed by atoms with Crippen molar-refractivity contribution >= 4 is 17.7 Å². The third kappa shape index (κ3) is 6.16. The normalized spacial score (nSPS) is 16.9. The summed E-state index contributed by atoms with van der Waals surface area (Å²) in [6.07, 6.45) is 6.16. The van der Waals surface area contributed by atoms with E-state index in [1.807, 2.05) is 23.6 Å². The second kappa shape index (κ2) is 11.3. The van der Waals surface area contributed by atoms with Crippen LogP contribution in [0.5, 0.6) is 0 Å². The lowest BCUT2D eigenvalue weighted by Crippen LogP contribution is -2.42. The molecule has 0 spiro atoms. The molecule has 4 N–H and O–H groups in total. The first-order valence-corrected chi connectivity index (χ1v) is 11.0. The van der Waals surface area contributed by atoms with Crippen LogP contribution in [0.15, 0.2) is 29.6 Å². The molecule has 2 aromatic heterocycles. The number of carbonyl (C=O) groups excluding carboxylic acids is 1. The van der Waals surface area contributed by atoms with E-state index in [9.17, 15) is 4.79 Å². The lowest BCUT2D eigenvalue weighted by molar-refractivity contribution is -0.122. The molecule has 10 nitrogen and oxygen atoms in total. The zero-order valence-corrected chi connectivity index (χ0v) is 18.4. The molecule has 0 radical (unpaired) electrons. The second-order valence-electron chi connectivity index (χ2n) is 7.59. The summed E-state index contributed by atoms with van der Waals surface area (Å²) in [6.45, 7) is 8.32. The minimum atomic E-state index is -0.238. The van der Waals surface area contributed by atoms with E-state index in [0.717, 1.165) is 62.1 Å². The quantitative estimate of drug-likeness (QED) is 0.397. The van der Waals surface area contributed by atoms with E-state index in [-0.39, 0.29) is 11.8 Å². The minimum Gasteiger partial charge on any atom is -0.369 e. The monoisotopic (exact) mass is 427 g/mol. The van der Waals surface area contributed by atoms with Crippen molar-refractivity contribution in [2.45, 2.75) is 46.2 Å². The summed E-state index contributed by atoms with van der Waals surface area (Å²) in [7, 11) is 0. The van der Waals surface area contributed by atoms with E-state index in [1.165, 1.54) is 0 Å². The number of amides is 1. The van der Waals surface area contributed by atoms with Crippen LogP contribution >= 0.6 is 0 Å².